The molecule has 172 valence electrons. The lowest BCUT2D eigenvalue weighted by molar-refractivity contribution is -0.126. The minimum Gasteiger partial charge on any atom is -0.444 e. The van der Waals surface area contributed by atoms with E-state index in [2.05, 4.69) is 32.4 Å². The van der Waals surface area contributed by atoms with Crippen molar-refractivity contribution in [3.63, 3.8) is 0 Å². The van der Waals surface area contributed by atoms with Crippen LogP contribution >= 0.6 is 11.6 Å². The Hall–Kier alpha value is -2.53. The number of ether oxygens (including phenoxy) is 1. The SMILES string of the molecule is CC(C)(C)OC(=O)N1CCC[C@H]1C(=O)NC1CC(C#Cc2cnc(Cl)nc2NC2CC2)C1. The summed E-state index contributed by atoms with van der Waals surface area (Å²) in [6.07, 6.45) is 6.53. The molecule has 0 unspecified atom stereocenters. The van der Waals surface area contributed by atoms with Crippen LogP contribution in [0.2, 0.25) is 5.28 Å². The molecule has 3 aliphatic rings. The maximum atomic E-state index is 12.8. The summed E-state index contributed by atoms with van der Waals surface area (Å²) >= 11 is 5.92. The first-order valence-corrected chi connectivity index (χ1v) is 11.7. The lowest BCUT2D eigenvalue weighted by Gasteiger charge is -2.34. The molecule has 3 fully saturated rings. The van der Waals surface area contributed by atoms with E-state index >= 15 is 0 Å². The molecule has 1 aromatic heterocycles. The van der Waals surface area contributed by atoms with E-state index in [1.54, 1.807) is 11.1 Å². The van der Waals surface area contributed by atoms with Crippen molar-refractivity contribution in [3.8, 4) is 11.8 Å². The molecule has 9 heteroatoms. The molecule has 2 aliphatic carbocycles. The number of anilines is 1. The molecule has 32 heavy (non-hydrogen) atoms. The van der Waals surface area contributed by atoms with Crippen LogP contribution in [0.25, 0.3) is 0 Å². The Kier molecular flexibility index (Phi) is 6.47. The third-order valence-electron chi connectivity index (χ3n) is 5.76. The zero-order valence-electron chi connectivity index (χ0n) is 18.8. The number of hydrogen-bond donors (Lipinski definition) is 2. The van der Waals surface area contributed by atoms with Crippen LogP contribution in [-0.4, -0.2) is 57.1 Å². The van der Waals surface area contributed by atoms with Gasteiger partial charge in [0.05, 0.1) is 5.56 Å². The van der Waals surface area contributed by atoms with Crippen molar-refractivity contribution in [2.75, 3.05) is 11.9 Å². The topological polar surface area (TPSA) is 96.5 Å². The molecule has 1 aliphatic heterocycles. The number of halogens is 1. The smallest absolute Gasteiger partial charge is 0.410 e. The average molecular weight is 460 g/mol. The molecule has 2 amide bonds. The van der Waals surface area contributed by atoms with Crippen molar-refractivity contribution in [1.29, 1.82) is 0 Å². The predicted octanol–water partition coefficient (Wildman–Crippen LogP) is 3.35. The molecule has 2 heterocycles. The van der Waals surface area contributed by atoms with Crippen LogP contribution in [0.5, 0.6) is 0 Å². The monoisotopic (exact) mass is 459 g/mol. The first-order chi connectivity index (χ1) is 15.2. The van der Waals surface area contributed by atoms with Gasteiger partial charge in [-0.2, -0.15) is 4.98 Å². The van der Waals surface area contributed by atoms with Crippen molar-refractivity contribution in [1.82, 2.24) is 20.2 Å². The summed E-state index contributed by atoms with van der Waals surface area (Å²) < 4.78 is 5.45. The highest BCUT2D eigenvalue weighted by Gasteiger charge is 2.39. The summed E-state index contributed by atoms with van der Waals surface area (Å²) in [6, 6.07) is 0.0614. The number of nitrogens with zero attached hydrogens (tertiary/aromatic N) is 3. The van der Waals surface area contributed by atoms with Gasteiger partial charge in [0.2, 0.25) is 11.2 Å². The van der Waals surface area contributed by atoms with Gasteiger partial charge in [-0.1, -0.05) is 11.8 Å². The van der Waals surface area contributed by atoms with Crippen LogP contribution in [-0.2, 0) is 9.53 Å². The number of carbonyl (C=O) groups excluding carboxylic acids is 2. The molecule has 1 saturated heterocycles. The van der Waals surface area contributed by atoms with Crippen LogP contribution < -0.4 is 10.6 Å². The lowest BCUT2D eigenvalue weighted by Crippen LogP contribution is -2.52. The Bertz CT molecular complexity index is 941. The largest absolute Gasteiger partial charge is 0.444 e. The first-order valence-electron chi connectivity index (χ1n) is 11.3. The van der Waals surface area contributed by atoms with Crippen LogP contribution in [0.4, 0.5) is 10.6 Å². The van der Waals surface area contributed by atoms with E-state index in [9.17, 15) is 9.59 Å². The van der Waals surface area contributed by atoms with E-state index in [0.29, 0.717) is 24.8 Å². The second-order valence-corrected chi connectivity index (χ2v) is 10.1. The Balaban J connectivity index is 1.28. The van der Waals surface area contributed by atoms with Gasteiger partial charge in [0, 0.05) is 30.7 Å². The van der Waals surface area contributed by atoms with Gasteiger partial charge in [-0.25, -0.2) is 9.78 Å². The predicted molar refractivity (Wildman–Crippen MR) is 121 cm³/mol. The third-order valence-corrected chi connectivity index (χ3v) is 5.94. The summed E-state index contributed by atoms with van der Waals surface area (Å²) in [5.41, 5.74) is 0.164. The Morgan fingerprint density at radius 2 is 1.97 bits per heavy atom. The van der Waals surface area contributed by atoms with Crippen molar-refractivity contribution in [2.24, 2.45) is 5.92 Å². The molecule has 0 radical (unpaired) electrons. The van der Waals surface area contributed by atoms with E-state index in [1.807, 2.05) is 20.8 Å². The minimum absolute atomic E-state index is 0.0772. The number of carbonyl (C=O) groups is 2. The van der Waals surface area contributed by atoms with Gasteiger partial charge < -0.3 is 15.4 Å². The van der Waals surface area contributed by atoms with Gasteiger partial charge in [0.25, 0.3) is 0 Å². The minimum atomic E-state index is -0.580. The second kappa shape index (κ2) is 9.14. The molecule has 1 atom stereocenters. The molecule has 0 spiro atoms. The van der Waals surface area contributed by atoms with E-state index in [0.717, 1.165) is 37.7 Å². The fourth-order valence-electron chi connectivity index (χ4n) is 3.89. The summed E-state index contributed by atoms with van der Waals surface area (Å²) in [7, 11) is 0. The molecule has 8 nitrogen and oxygen atoms in total. The normalized spacial score (nSPS) is 24.8. The molecule has 2 saturated carbocycles. The summed E-state index contributed by atoms with van der Waals surface area (Å²) in [4.78, 5) is 35.0. The van der Waals surface area contributed by atoms with Crippen LogP contribution in [0.3, 0.4) is 0 Å². The summed E-state index contributed by atoms with van der Waals surface area (Å²) in [5.74, 6) is 7.22. The Morgan fingerprint density at radius 3 is 2.66 bits per heavy atom. The third kappa shape index (κ3) is 5.83. The number of rotatable bonds is 4. The number of likely N-dealkylation sites (tertiary alicyclic amines) is 1. The molecule has 4 rings (SSSR count). The lowest BCUT2D eigenvalue weighted by atomic mass is 9.80. The van der Waals surface area contributed by atoms with E-state index in [4.69, 9.17) is 16.3 Å². The number of amides is 2. The second-order valence-electron chi connectivity index (χ2n) is 9.79. The van der Waals surface area contributed by atoms with Gasteiger partial charge in [-0.3, -0.25) is 9.69 Å². The van der Waals surface area contributed by atoms with E-state index in [-0.39, 0.29) is 23.2 Å². The fraction of sp³-hybridized carbons (Fsp3) is 0.652. The van der Waals surface area contributed by atoms with Gasteiger partial charge >= 0.3 is 6.09 Å². The first kappa shape index (κ1) is 22.7. The molecule has 0 aromatic carbocycles. The molecular formula is C23H30ClN5O3. The standard InChI is InChI=1S/C23H30ClN5O3/c1-23(2,3)32-22(31)29-10-4-5-18(29)20(30)27-17-11-14(12-17)6-7-15-13-25-21(24)28-19(15)26-16-8-9-16/h13-14,16-18H,4-5,8-12H2,1-3H3,(H,27,30)(H,25,26,28)/t14?,17?,18-/m0/s1. The Labute approximate surface area is 193 Å². The Morgan fingerprint density at radius 1 is 1.22 bits per heavy atom. The number of hydrogen-bond acceptors (Lipinski definition) is 6. The van der Waals surface area contributed by atoms with Crippen LogP contribution in [0.1, 0.15) is 64.9 Å². The zero-order chi connectivity index (χ0) is 22.9. The van der Waals surface area contributed by atoms with Gasteiger partial charge in [-0.05, 0) is 70.9 Å². The highest BCUT2D eigenvalue weighted by Crippen LogP contribution is 2.29. The number of nitrogens with one attached hydrogen (secondary N) is 2. The molecular weight excluding hydrogens is 430 g/mol. The highest BCUT2D eigenvalue weighted by atomic mass is 35.5. The fourth-order valence-corrected chi connectivity index (χ4v) is 4.03. The van der Waals surface area contributed by atoms with Crippen molar-refractivity contribution < 1.29 is 14.3 Å². The summed E-state index contributed by atoms with van der Waals surface area (Å²) in [6.45, 7) is 6.03. The average Bonchev–Trinajstić information content (AvgIpc) is 3.34. The van der Waals surface area contributed by atoms with E-state index in [1.165, 1.54) is 0 Å². The van der Waals surface area contributed by atoms with Crippen molar-refractivity contribution in [3.05, 3.63) is 17.0 Å². The zero-order valence-corrected chi connectivity index (χ0v) is 19.5. The quantitative estimate of drug-likeness (QED) is 0.529. The highest BCUT2D eigenvalue weighted by molar-refractivity contribution is 6.28. The van der Waals surface area contributed by atoms with Crippen LogP contribution in [0, 0.1) is 17.8 Å². The maximum absolute atomic E-state index is 12.8. The van der Waals surface area contributed by atoms with Crippen molar-refractivity contribution >= 4 is 29.4 Å². The van der Waals surface area contributed by atoms with Crippen LogP contribution in [0.15, 0.2) is 6.20 Å². The number of aromatic nitrogens is 2. The molecule has 2 N–H and O–H groups in total. The van der Waals surface area contributed by atoms with Gasteiger partial charge in [0.15, 0.2) is 0 Å². The van der Waals surface area contributed by atoms with Gasteiger partial charge in [0.1, 0.15) is 17.5 Å². The van der Waals surface area contributed by atoms with E-state index < -0.39 is 17.7 Å². The molecule has 0 bridgehead atoms. The van der Waals surface area contributed by atoms with Gasteiger partial charge in [-0.15, -0.1) is 0 Å². The summed E-state index contributed by atoms with van der Waals surface area (Å²) in [5, 5.41) is 6.62. The van der Waals surface area contributed by atoms with Crippen molar-refractivity contribution in [2.45, 2.75) is 83.0 Å². The molecule has 1 aromatic rings. The maximum Gasteiger partial charge on any atom is 0.410 e.